The van der Waals surface area contributed by atoms with Gasteiger partial charge in [0.05, 0.1) is 11.1 Å². The summed E-state index contributed by atoms with van der Waals surface area (Å²) in [6, 6.07) is 5.33. The van der Waals surface area contributed by atoms with Crippen LogP contribution < -0.4 is 10.4 Å². The lowest BCUT2D eigenvalue weighted by atomic mass is 9.65. The summed E-state index contributed by atoms with van der Waals surface area (Å²) in [5.74, 6) is -0.116. The fraction of sp³-hybridized carbons (Fsp3) is 0.429. The van der Waals surface area contributed by atoms with E-state index in [0.29, 0.717) is 17.1 Å². The zero-order valence-corrected chi connectivity index (χ0v) is 11.5. The maximum Gasteiger partial charge on any atom is 0.246 e. The average molecular weight is 279 g/mol. The Morgan fingerprint density at radius 2 is 2.05 bits per heavy atom. The summed E-state index contributed by atoms with van der Waals surface area (Å²) in [7, 11) is 0. The van der Waals surface area contributed by atoms with Crippen LogP contribution in [0.1, 0.15) is 31.2 Å². The average Bonchev–Trinajstić information content (AvgIpc) is 2.33. The van der Waals surface area contributed by atoms with Gasteiger partial charge in [-0.1, -0.05) is 24.1 Å². The number of hydrogen-bond donors (Lipinski definition) is 1. The van der Waals surface area contributed by atoms with E-state index < -0.39 is 5.41 Å². The molecule has 0 radical (unpaired) electrons. The molecule has 2 amide bonds. The van der Waals surface area contributed by atoms with Gasteiger partial charge in [-0.15, -0.1) is 0 Å². The van der Waals surface area contributed by atoms with Gasteiger partial charge < -0.3 is 0 Å². The Balaban J connectivity index is 1.88. The molecule has 2 aliphatic rings. The summed E-state index contributed by atoms with van der Waals surface area (Å²) in [6.45, 7) is 1.89. The largest absolute Gasteiger partial charge is 0.273 e. The maximum atomic E-state index is 12.2. The van der Waals surface area contributed by atoms with E-state index in [1.807, 2.05) is 13.0 Å². The number of carbonyl (C=O) groups is 2. The van der Waals surface area contributed by atoms with Crippen molar-refractivity contribution in [2.45, 2.75) is 32.6 Å². The van der Waals surface area contributed by atoms with Crippen LogP contribution in [0.3, 0.4) is 0 Å². The van der Waals surface area contributed by atoms with Crippen LogP contribution in [-0.2, 0) is 9.59 Å². The Morgan fingerprint density at radius 1 is 1.32 bits per heavy atom. The highest BCUT2D eigenvalue weighted by molar-refractivity contribution is 6.31. The Hall–Kier alpha value is -1.55. The molecule has 0 aromatic heterocycles. The second-order valence-electron chi connectivity index (χ2n) is 5.41. The van der Waals surface area contributed by atoms with Crippen LogP contribution >= 0.6 is 11.6 Å². The zero-order chi connectivity index (χ0) is 13.6. The molecule has 19 heavy (non-hydrogen) atoms. The van der Waals surface area contributed by atoms with Crippen molar-refractivity contribution < 1.29 is 9.59 Å². The minimum absolute atomic E-state index is 0.0463. The lowest BCUT2D eigenvalue weighted by molar-refractivity contribution is -0.146. The summed E-state index contributed by atoms with van der Waals surface area (Å²) in [4.78, 5) is 24.4. The summed E-state index contributed by atoms with van der Waals surface area (Å²) in [5.41, 5.74) is 3.82. The molecule has 1 aliphatic carbocycles. The predicted octanol–water partition coefficient (Wildman–Crippen LogP) is 2.59. The van der Waals surface area contributed by atoms with Gasteiger partial charge >= 0.3 is 0 Å². The van der Waals surface area contributed by atoms with Gasteiger partial charge in [0.2, 0.25) is 11.8 Å². The van der Waals surface area contributed by atoms with Crippen molar-refractivity contribution in [1.82, 2.24) is 5.43 Å². The molecule has 1 saturated heterocycles. The lowest BCUT2D eigenvalue weighted by Crippen LogP contribution is -2.61. The van der Waals surface area contributed by atoms with Gasteiger partial charge in [-0.3, -0.25) is 15.0 Å². The third-order valence-electron chi connectivity index (χ3n) is 4.16. The third-order valence-corrected chi connectivity index (χ3v) is 4.57. The Morgan fingerprint density at radius 3 is 2.63 bits per heavy atom. The van der Waals surface area contributed by atoms with Crippen LogP contribution in [0.25, 0.3) is 0 Å². The molecular formula is C14H15ClN2O2. The first-order chi connectivity index (χ1) is 9.02. The van der Waals surface area contributed by atoms with Gasteiger partial charge in [-0.2, -0.15) is 0 Å². The number of nitrogens with zero attached hydrogens (tertiary/aromatic N) is 1. The van der Waals surface area contributed by atoms with Gasteiger partial charge in [0.15, 0.2) is 0 Å². The van der Waals surface area contributed by atoms with Crippen LogP contribution in [0, 0.1) is 12.3 Å². The maximum absolute atomic E-state index is 12.2. The van der Waals surface area contributed by atoms with Gasteiger partial charge in [-0.05, 0) is 37.5 Å². The minimum atomic E-state index is -0.442. The SMILES string of the molecule is Cc1ccc(N2NC(=O)C3(CCC3)CC2=O)cc1Cl. The zero-order valence-electron chi connectivity index (χ0n) is 10.7. The monoisotopic (exact) mass is 278 g/mol. The van der Waals surface area contributed by atoms with Crippen LogP contribution in [0.15, 0.2) is 18.2 Å². The number of hydrazine groups is 1. The highest BCUT2D eigenvalue weighted by Gasteiger charge is 2.50. The summed E-state index contributed by atoms with van der Waals surface area (Å²) in [6.07, 6.45) is 2.95. The number of halogens is 1. The first-order valence-corrected chi connectivity index (χ1v) is 6.80. The number of carbonyl (C=O) groups excluding carboxylic acids is 2. The van der Waals surface area contributed by atoms with E-state index in [0.717, 1.165) is 24.8 Å². The molecular weight excluding hydrogens is 264 g/mol. The van der Waals surface area contributed by atoms with Crippen molar-refractivity contribution >= 4 is 29.1 Å². The van der Waals surface area contributed by atoms with Crippen LogP contribution in [0.5, 0.6) is 0 Å². The standard InChI is InChI=1S/C14H15ClN2O2/c1-9-3-4-10(7-11(9)15)17-12(18)8-14(5-2-6-14)13(19)16-17/h3-4,7H,2,5-6,8H2,1H3,(H,16,19). The van der Waals surface area contributed by atoms with Crippen molar-refractivity contribution in [1.29, 1.82) is 0 Å². The Bertz CT molecular complexity index is 567. The van der Waals surface area contributed by atoms with Crippen LogP contribution in [-0.4, -0.2) is 11.8 Å². The molecule has 1 aromatic rings. The fourth-order valence-corrected chi connectivity index (χ4v) is 2.84. The highest BCUT2D eigenvalue weighted by atomic mass is 35.5. The van der Waals surface area contributed by atoms with E-state index in [2.05, 4.69) is 5.43 Å². The van der Waals surface area contributed by atoms with Crippen molar-refractivity contribution in [3.63, 3.8) is 0 Å². The van der Waals surface area contributed by atoms with Crippen LogP contribution in [0.2, 0.25) is 5.02 Å². The second kappa shape index (κ2) is 4.23. The molecule has 1 aromatic carbocycles. The van der Waals surface area contributed by atoms with Crippen molar-refractivity contribution in [2.24, 2.45) is 5.41 Å². The molecule has 5 heteroatoms. The van der Waals surface area contributed by atoms with E-state index in [4.69, 9.17) is 11.6 Å². The van der Waals surface area contributed by atoms with Crippen molar-refractivity contribution in [2.75, 3.05) is 5.01 Å². The second-order valence-corrected chi connectivity index (χ2v) is 5.82. The number of amides is 2. The van der Waals surface area contributed by atoms with E-state index in [1.165, 1.54) is 5.01 Å². The molecule has 2 fully saturated rings. The van der Waals surface area contributed by atoms with E-state index in [-0.39, 0.29) is 11.8 Å². The number of hydrogen-bond acceptors (Lipinski definition) is 2. The van der Waals surface area contributed by atoms with Gasteiger partial charge in [-0.25, -0.2) is 5.01 Å². The number of benzene rings is 1. The van der Waals surface area contributed by atoms with Gasteiger partial charge in [0.25, 0.3) is 0 Å². The molecule has 0 unspecified atom stereocenters. The summed E-state index contributed by atoms with van der Waals surface area (Å²) >= 11 is 6.06. The smallest absolute Gasteiger partial charge is 0.246 e. The molecule has 1 heterocycles. The summed E-state index contributed by atoms with van der Waals surface area (Å²) < 4.78 is 0. The third kappa shape index (κ3) is 1.91. The number of aryl methyl sites for hydroxylation is 1. The van der Waals surface area contributed by atoms with Gasteiger partial charge in [0.1, 0.15) is 0 Å². The Kier molecular flexibility index (Phi) is 2.78. The predicted molar refractivity (Wildman–Crippen MR) is 72.7 cm³/mol. The molecule has 3 rings (SSSR count). The molecule has 1 spiro atoms. The Labute approximate surface area is 116 Å². The first-order valence-electron chi connectivity index (χ1n) is 6.42. The fourth-order valence-electron chi connectivity index (χ4n) is 2.67. The van der Waals surface area contributed by atoms with Gasteiger partial charge in [0, 0.05) is 11.4 Å². The normalized spacial score (nSPS) is 21.3. The molecule has 1 saturated carbocycles. The highest BCUT2D eigenvalue weighted by Crippen LogP contribution is 2.46. The van der Waals surface area contributed by atoms with E-state index in [9.17, 15) is 9.59 Å². The lowest BCUT2D eigenvalue weighted by Gasteiger charge is -2.45. The topological polar surface area (TPSA) is 49.4 Å². The molecule has 100 valence electrons. The number of nitrogens with one attached hydrogen (secondary N) is 1. The van der Waals surface area contributed by atoms with Crippen molar-refractivity contribution in [3.05, 3.63) is 28.8 Å². The quantitative estimate of drug-likeness (QED) is 0.858. The van der Waals surface area contributed by atoms with E-state index >= 15 is 0 Å². The minimum Gasteiger partial charge on any atom is -0.273 e. The van der Waals surface area contributed by atoms with Crippen LogP contribution in [0.4, 0.5) is 5.69 Å². The van der Waals surface area contributed by atoms with Crippen molar-refractivity contribution in [3.8, 4) is 0 Å². The number of anilines is 1. The molecule has 1 aliphatic heterocycles. The molecule has 4 nitrogen and oxygen atoms in total. The molecule has 1 N–H and O–H groups in total. The van der Waals surface area contributed by atoms with E-state index in [1.54, 1.807) is 12.1 Å². The number of rotatable bonds is 1. The summed E-state index contributed by atoms with van der Waals surface area (Å²) in [5, 5.41) is 1.90. The molecule has 0 atom stereocenters. The molecule has 0 bridgehead atoms. The first kappa shape index (κ1) is 12.5.